The summed E-state index contributed by atoms with van der Waals surface area (Å²) in [6, 6.07) is 0. The van der Waals surface area contributed by atoms with Crippen molar-refractivity contribution in [1.29, 1.82) is 0 Å². The first-order chi connectivity index (χ1) is 8.11. The van der Waals surface area contributed by atoms with Crippen LogP contribution in [0.25, 0.3) is 0 Å². The summed E-state index contributed by atoms with van der Waals surface area (Å²) in [4.78, 5) is 22.3. The van der Waals surface area contributed by atoms with Crippen molar-refractivity contribution in [1.82, 2.24) is 0 Å². The minimum Gasteiger partial charge on any atom is -0.478 e. The molecule has 0 fully saturated rings. The van der Waals surface area contributed by atoms with E-state index in [4.69, 9.17) is 5.11 Å². The third kappa shape index (κ3) is 1.97. The highest BCUT2D eigenvalue weighted by atomic mass is 16.4. The van der Waals surface area contributed by atoms with E-state index in [0.717, 1.165) is 0 Å². The van der Waals surface area contributed by atoms with Crippen LogP contribution in [0.2, 0.25) is 0 Å². The molecule has 0 aromatic carbocycles. The second-order valence-electron chi connectivity index (χ2n) is 3.68. The molecule has 1 unspecified atom stereocenters. The average Bonchev–Trinajstić information content (AvgIpc) is 2.47. The number of aliphatic carboxylic acids is 2. The fourth-order valence-corrected chi connectivity index (χ4v) is 1.90. The molecule has 0 spiro atoms. The van der Waals surface area contributed by atoms with Crippen LogP contribution in [-0.4, -0.2) is 22.2 Å². The van der Waals surface area contributed by atoms with Crippen molar-refractivity contribution in [2.75, 3.05) is 0 Å². The van der Waals surface area contributed by atoms with Crippen LogP contribution in [0, 0.1) is 5.92 Å². The van der Waals surface area contributed by atoms with Gasteiger partial charge in [-0.3, -0.25) is 0 Å². The Hall–Kier alpha value is -2.36. The Kier molecular flexibility index (Phi) is 2.78. The molecular weight excluding hydrogens is 220 g/mol. The van der Waals surface area contributed by atoms with Gasteiger partial charge in [-0.1, -0.05) is 36.5 Å². The van der Waals surface area contributed by atoms with E-state index in [2.05, 4.69) is 0 Å². The Morgan fingerprint density at radius 2 is 1.71 bits per heavy atom. The molecule has 2 aliphatic rings. The first kappa shape index (κ1) is 11.1. The molecule has 17 heavy (non-hydrogen) atoms. The average molecular weight is 230 g/mol. The highest BCUT2D eigenvalue weighted by Crippen LogP contribution is 2.30. The van der Waals surface area contributed by atoms with E-state index >= 15 is 0 Å². The summed E-state index contributed by atoms with van der Waals surface area (Å²) in [6.07, 6.45) is 11.6. The van der Waals surface area contributed by atoms with E-state index < -0.39 is 11.9 Å². The van der Waals surface area contributed by atoms with Crippen molar-refractivity contribution < 1.29 is 19.8 Å². The van der Waals surface area contributed by atoms with E-state index in [1.165, 1.54) is 6.08 Å². The zero-order chi connectivity index (χ0) is 12.4. The summed E-state index contributed by atoms with van der Waals surface area (Å²) in [5.74, 6) is -2.63. The van der Waals surface area contributed by atoms with Crippen molar-refractivity contribution in [3.63, 3.8) is 0 Å². The lowest BCUT2D eigenvalue weighted by Crippen LogP contribution is -2.15. The van der Waals surface area contributed by atoms with Gasteiger partial charge in [0.15, 0.2) is 0 Å². The first-order valence-corrected chi connectivity index (χ1v) is 5.05. The number of carbonyl (C=O) groups is 2. The highest BCUT2D eigenvalue weighted by Gasteiger charge is 2.27. The molecule has 0 bridgehead atoms. The smallest absolute Gasteiger partial charge is 0.336 e. The topological polar surface area (TPSA) is 74.6 Å². The molecule has 2 rings (SSSR count). The van der Waals surface area contributed by atoms with Crippen molar-refractivity contribution in [2.45, 2.75) is 0 Å². The zero-order valence-electron chi connectivity index (χ0n) is 8.83. The predicted molar refractivity (Wildman–Crippen MR) is 61.3 cm³/mol. The lowest BCUT2D eigenvalue weighted by Gasteiger charge is -2.15. The van der Waals surface area contributed by atoms with Crippen molar-refractivity contribution in [3.8, 4) is 0 Å². The van der Waals surface area contributed by atoms with Gasteiger partial charge in [0.25, 0.3) is 0 Å². The highest BCUT2D eigenvalue weighted by molar-refractivity contribution is 6.07. The van der Waals surface area contributed by atoms with Gasteiger partial charge in [0.1, 0.15) is 0 Å². The van der Waals surface area contributed by atoms with Gasteiger partial charge < -0.3 is 10.2 Å². The number of rotatable bonds is 2. The van der Waals surface area contributed by atoms with Gasteiger partial charge in [0, 0.05) is 5.92 Å². The van der Waals surface area contributed by atoms with Gasteiger partial charge in [0.05, 0.1) is 11.1 Å². The van der Waals surface area contributed by atoms with E-state index in [-0.39, 0.29) is 17.1 Å². The Balaban J connectivity index is 2.65. The minimum absolute atomic E-state index is 0.145. The minimum atomic E-state index is -1.23. The maximum absolute atomic E-state index is 11.2. The van der Waals surface area contributed by atoms with Crippen LogP contribution in [0.5, 0.6) is 0 Å². The summed E-state index contributed by atoms with van der Waals surface area (Å²) < 4.78 is 0. The van der Waals surface area contributed by atoms with Crippen LogP contribution >= 0.6 is 0 Å². The molecule has 0 saturated carbocycles. The van der Waals surface area contributed by atoms with Crippen LogP contribution in [0.1, 0.15) is 0 Å². The van der Waals surface area contributed by atoms with Gasteiger partial charge in [-0.2, -0.15) is 0 Å². The van der Waals surface area contributed by atoms with Crippen LogP contribution in [-0.2, 0) is 9.59 Å². The molecule has 0 saturated heterocycles. The van der Waals surface area contributed by atoms with Crippen molar-refractivity contribution in [2.24, 2.45) is 5.92 Å². The maximum Gasteiger partial charge on any atom is 0.336 e. The van der Waals surface area contributed by atoms with Gasteiger partial charge in [-0.05, 0) is 11.6 Å². The predicted octanol–water partition coefficient (Wildman–Crippen LogP) is 1.69. The monoisotopic (exact) mass is 230 g/mol. The van der Waals surface area contributed by atoms with Crippen LogP contribution < -0.4 is 0 Å². The molecule has 0 aromatic heterocycles. The van der Waals surface area contributed by atoms with E-state index in [1.807, 2.05) is 12.2 Å². The molecular formula is C13H10O4. The van der Waals surface area contributed by atoms with Gasteiger partial charge >= 0.3 is 11.9 Å². The maximum atomic E-state index is 11.2. The SMILES string of the molecule is O=C(O)C1=CC=CC2C=CC=CC2=C1C(=O)O. The number of hydrogen-bond acceptors (Lipinski definition) is 2. The van der Waals surface area contributed by atoms with E-state index in [9.17, 15) is 14.7 Å². The molecule has 4 nitrogen and oxygen atoms in total. The lowest BCUT2D eigenvalue weighted by molar-refractivity contribution is -0.136. The second kappa shape index (κ2) is 4.25. The lowest BCUT2D eigenvalue weighted by atomic mass is 9.89. The van der Waals surface area contributed by atoms with Gasteiger partial charge in [-0.15, -0.1) is 0 Å². The molecule has 2 aliphatic carbocycles. The fourth-order valence-electron chi connectivity index (χ4n) is 1.90. The second-order valence-corrected chi connectivity index (χ2v) is 3.68. The Morgan fingerprint density at radius 1 is 1.00 bits per heavy atom. The van der Waals surface area contributed by atoms with Crippen LogP contribution in [0.15, 0.2) is 59.3 Å². The van der Waals surface area contributed by atoms with Crippen molar-refractivity contribution in [3.05, 3.63) is 59.3 Å². The molecule has 86 valence electrons. The Bertz CT molecular complexity index is 530. The Morgan fingerprint density at radius 3 is 2.35 bits per heavy atom. The summed E-state index contributed by atoms with van der Waals surface area (Å²) in [5.41, 5.74) is 0.168. The summed E-state index contributed by atoms with van der Waals surface area (Å²) in [6.45, 7) is 0. The molecule has 0 aromatic rings. The Labute approximate surface area is 97.6 Å². The van der Waals surface area contributed by atoms with E-state index in [1.54, 1.807) is 24.3 Å². The van der Waals surface area contributed by atoms with Crippen LogP contribution in [0.4, 0.5) is 0 Å². The molecule has 0 radical (unpaired) electrons. The first-order valence-electron chi connectivity index (χ1n) is 5.05. The molecule has 0 amide bonds. The van der Waals surface area contributed by atoms with Gasteiger partial charge in [0.2, 0.25) is 0 Å². The number of hydrogen-bond donors (Lipinski definition) is 2. The van der Waals surface area contributed by atoms with E-state index in [0.29, 0.717) is 5.57 Å². The molecule has 2 N–H and O–H groups in total. The number of carboxylic acids is 2. The number of fused-ring (bicyclic) bond motifs is 1. The van der Waals surface area contributed by atoms with Crippen LogP contribution in [0.3, 0.4) is 0 Å². The number of allylic oxidation sites excluding steroid dienone is 8. The summed E-state index contributed by atoms with van der Waals surface area (Å²) >= 11 is 0. The zero-order valence-corrected chi connectivity index (χ0v) is 8.83. The normalized spacial score (nSPS) is 21.9. The molecule has 1 atom stereocenters. The molecule has 0 aliphatic heterocycles. The standard InChI is InChI=1S/C13H10O4/c14-12(15)10-7-3-5-8-4-1-2-6-9(8)11(10)13(16)17/h1-8H,(H,14,15)(H,16,17). The summed E-state index contributed by atoms with van der Waals surface area (Å²) in [7, 11) is 0. The molecule has 4 heteroatoms. The third-order valence-electron chi connectivity index (χ3n) is 2.65. The van der Waals surface area contributed by atoms with Gasteiger partial charge in [-0.25, -0.2) is 9.59 Å². The largest absolute Gasteiger partial charge is 0.478 e. The number of carboxylic acid groups (broad SMARTS) is 2. The summed E-state index contributed by atoms with van der Waals surface area (Å²) in [5, 5.41) is 18.2. The quantitative estimate of drug-likeness (QED) is 0.757. The van der Waals surface area contributed by atoms with Crippen molar-refractivity contribution >= 4 is 11.9 Å². The molecule has 0 heterocycles. The fraction of sp³-hybridized carbons (Fsp3) is 0.0769. The third-order valence-corrected chi connectivity index (χ3v) is 2.65.